The number of aryl methyl sites for hydroxylation is 2. The van der Waals surface area contributed by atoms with Crippen LogP contribution in [0.2, 0.25) is 0 Å². The van der Waals surface area contributed by atoms with Crippen LogP contribution in [-0.4, -0.2) is 5.54 Å². The van der Waals surface area contributed by atoms with Crippen LogP contribution in [0, 0.1) is 19.8 Å². The average molecular weight is 217 g/mol. The molecule has 1 aliphatic carbocycles. The Labute approximate surface area is 99.0 Å². The van der Waals surface area contributed by atoms with Crippen LogP contribution in [-0.2, 0) is 6.42 Å². The Morgan fingerprint density at radius 3 is 2.38 bits per heavy atom. The van der Waals surface area contributed by atoms with Crippen LogP contribution in [0.5, 0.6) is 0 Å². The molecule has 1 aromatic rings. The summed E-state index contributed by atoms with van der Waals surface area (Å²) in [7, 11) is 0. The summed E-state index contributed by atoms with van der Waals surface area (Å²) in [4.78, 5) is 0. The first-order valence-electron chi connectivity index (χ1n) is 6.33. The Morgan fingerprint density at radius 2 is 1.88 bits per heavy atom. The highest BCUT2D eigenvalue weighted by molar-refractivity contribution is 5.30. The van der Waals surface area contributed by atoms with Crippen molar-refractivity contribution in [2.75, 3.05) is 0 Å². The molecule has 0 radical (unpaired) electrons. The monoisotopic (exact) mass is 217 g/mol. The number of nitrogens with two attached hydrogens (primary N) is 1. The molecule has 1 aliphatic rings. The molecule has 2 atom stereocenters. The largest absolute Gasteiger partial charge is 0.325 e. The number of benzene rings is 1. The Kier molecular flexibility index (Phi) is 3.07. The number of rotatable bonds is 2. The summed E-state index contributed by atoms with van der Waals surface area (Å²) < 4.78 is 0. The van der Waals surface area contributed by atoms with E-state index < -0.39 is 0 Å². The fraction of sp³-hybridized carbons (Fsp3) is 0.600. The van der Waals surface area contributed by atoms with Crippen LogP contribution < -0.4 is 5.73 Å². The van der Waals surface area contributed by atoms with Gasteiger partial charge in [0.1, 0.15) is 0 Å². The predicted octanol–water partition coefficient (Wildman–Crippen LogP) is 3.36. The fourth-order valence-corrected chi connectivity index (χ4v) is 3.17. The zero-order valence-electron chi connectivity index (χ0n) is 10.7. The van der Waals surface area contributed by atoms with Crippen LogP contribution in [0.15, 0.2) is 18.2 Å². The SMILES string of the molecule is Cc1cc(C)cc(CC2(N)CCC(C)C2)c1. The van der Waals surface area contributed by atoms with E-state index in [0.717, 1.165) is 12.3 Å². The predicted molar refractivity (Wildman–Crippen MR) is 69.6 cm³/mol. The highest BCUT2D eigenvalue weighted by Gasteiger charge is 2.33. The minimum Gasteiger partial charge on any atom is -0.325 e. The Balaban J connectivity index is 2.14. The van der Waals surface area contributed by atoms with E-state index in [9.17, 15) is 0 Å². The smallest absolute Gasteiger partial charge is 0.0197 e. The lowest BCUT2D eigenvalue weighted by atomic mass is 9.88. The fourth-order valence-electron chi connectivity index (χ4n) is 3.17. The summed E-state index contributed by atoms with van der Waals surface area (Å²) in [6.07, 6.45) is 4.70. The van der Waals surface area contributed by atoms with Crippen molar-refractivity contribution in [3.63, 3.8) is 0 Å². The second-order valence-corrected chi connectivity index (χ2v) is 5.88. The molecule has 16 heavy (non-hydrogen) atoms. The summed E-state index contributed by atoms with van der Waals surface area (Å²) in [5.41, 5.74) is 10.7. The molecule has 1 fully saturated rings. The van der Waals surface area contributed by atoms with Gasteiger partial charge < -0.3 is 5.73 Å². The highest BCUT2D eigenvalue weighted by Crippen LogP contribution is 2.34. The number of hydrogen-bond donors (Lipinski definition) is 1. The lowest BCUT2D eigenvalue weighted by molar-refractivity contribution is 0.419. The lowest BCUT2D eigenvalue weighted by Crippen LogP contribution is -2.39. The van der Waals surface area contributed by atoms with E-state index in [4.69, 9.17) is 5.73 Å². The molecule has 0 heterocycles. The minimum atomic E-state index is 0.0552. The van der Waals surface area contributed by atoms with Gasteiger partial charge in [-0.25, -0.2) is 0 Å². The van der Waals surface area contributed by atoms with Gasteiger partial charge in [-0.15, -0.1) is 0 Å². The van der Waals surface area contributed by atoms with Crippen molar-refractivity contribution in [1.82, 2.24) is 0 Å². The first kappa shape index (κ1) is 11.7. The van der Waals surface area contributed by atoms with Crippen molar-refractivity contribution in [3.05, 3.63) is 34.9 Å². The molecule has 0 amide bonds. The van der Waals surface area contributed by atoms with Gasteiger partial charge in [-0.1, -0.05) is 36.2 Å². The van der Waals surface area contributed by atoms with Crippen molar-refractivity contribution >= 4 is 0 Å². The molecule has 0 spiro atoms. The van der Waals surface area contributed by atoms with Gasteiger partial charge in [0.2, 0.25) is 0 Å². The van der Waals surface area contributed by atoms with Crippen molar-refractivity contribution in [2.45, 2.75) is 52.0 Å². The van der Waals surface area contributed by atoms with E-state index in [0.29, 0.717) is 0 Å². The van der Waals surface area contributed by atoms with E-state index in [2.05, 4.69) is 39.0 Å². The zero-order valence-corrected chi connectivity index (χ0v) is 10.7. The molecule has 1 saturated carbocycles. The van der Waals surface area contributed by atoms with E-state index in [1.807, 2.05) is 0 Å². The molecule has 0 aliphatic heterocycles. The Morgan fingerprint density at radius 1 is 1.25 bits per heavy atom. The maximum Gasteiger partial charge on any atom is 0.0197 e. The summed E-state index contributed by atoms with van der Waals surface area (Å²) in [5.74, 6) is 0.802. The van der Waals surface area contributed by atoms with Crippen LogP contribution >= 0.6 is 0 Å². The topological polar surface area (TPSA) is 26.0 Å². The first-order valence-corrected chi connectivity index (χ1v) is 6.33. The first-order chi connectivity index (χ1) is 7.47. The van der Waals surface area contributed by atoms with Gasteiger partial charge in [0.25, 0.3) is 0 Å². The second kappa shape index (κ2) is 4.21. The molecule has 2 N–H and O–H groups in total. The minimum absolute atomic E-state index is 0.0552. The summed E-state index contributed by atoms with van der Waals surface area (Å²) >= 11 is 0. The van der Waals surface area contributed by atoms with E-state index in [1.165, 1.54) is 36.0 Å². The maximum atomic E-state index is 6.48. The van der Waals surface area contributed by atoms with Crippen LogP contribution in [0.1, 0.15) is 42.9 Å². The summed E-state index contributed by atoms with van der Waals surface area (Å²) in [6, 6.07) is 6.79. The molecule has 1 heteroatoms. The van der Waals surface area contributed by atoms with Crippen molar-refractivity contribution in [1.29, 1.82) is 0 Å². The van der Waals surface area contributed by atoms with Gasteiger partial charge in [0.05, 0.1) is 0 Å². The molecule has 0 bridgehead atoms. The van der Waals surface area contributed by atoms with Gasteiger partial charge in [-0.3, -0.25) is 0 Å². The van der Waals surface area contributed by atoms with Gasteiger partial charge >= 0.3 is 0 Å². The molecular weight excluding hydrogens is 194 g/mol. The third-order valence-electron chi connectivity index (χ3n) is 3.73. The highest BCUT2D eigenvalue weighted by atomic mass is 14.8. The Hall–Kier alpha value is -0.820. The normalized spacial score (nSPS) is 29.6. The number of hydrogen-bond acceptors (Lipinski definition) is 1. The van der Waals surface area contributed by atoms with E-state index in [1.54, 1.807) is 0 Å². The second-order valence-electron chi connectivity index (χ2n) is 5.88. The third-order valence-corrected chi connectivity index (χ3v) is 3.73. The third kappa shape index (κ3) is 2.65. The van der Waals surface area contributed by atoms with E-state index in [-0.39, 0.29) is 5.54 Å². The molecule has 88 valence electrons. The van der Waals surface area contributed by atoms with Gasteiger partial charge in [-0.05, 0) is 51.0 Å². The van der Waals surface area contributed by atoms with Gasteiger partial charge in [-0.2, -0.15) is 0 Å². The van der Waals surface area contributed by atoms with Crippen molar-refractivity contribution in [2.24, 2.45) is 11.7 Å². The van der Waals surface area contributed by atoms with Gasteiger partial charge in [0, 0.05) is 5.54 Å². The molecule has 1 nitrogen and oxygen atoms in total. The maximum absolute atomic E-state index is 6.48. The molecule has 2 unspecified atom stereocenters. The molecule has 0 saturated heterocycles. The van der Waals surface area contributed by atoms with Crippen LogP contribution in [0.4, 0.5) is 0 Å². The molecule has 1 aromatic carbocycles. The summed E-state index contributed by atoms with van der Waals surface area (Å²) in [6.45, 7) is 6.64. The molecule has 2 rings (SSSR count). The van der Waals surface area contributed by atoms with Crippen LogP contribution in [0.25, 0.3) is 0 Å². The van der Waals surface area contributed by atoms with E-state index >= 15 is 0 Å². The lowest BCUT2D eigenvalue weighted by Gasteiger charge is -2.24. The molecular formula is C15H23N. The zero-order chi connectivity index (χ0) is 11.8. The van der Waals surface area contributed by atoms with Gasteiger partial charge in [0.15, 0.2) is 0 Å². The summed E-state index contributed by atoms with van der Waals surface area (Å²) in [5, 5.41) is 0. The average Bonchev–Trinajstić information content (AvgIpc) is 2.43. The standard InChI is InChI=1S/C15H23N/c1-11-4-5-15(16,9-11)10-14-7-12(2)6-13(3)8-14/h6-8,11H,4-5,9-10,16H2,1-3H3. The van der Waals surface area contributed by atoms with Crippen molar-refractivity contribution < 1.29 is 0 Å². The Bertz CT molecular complexity index is 363. The molecule has 0 aromatic heterocycles. The quantitative estimate of drug-likeness (QED) is 0.807. The van der Waals surface area contributed by atoms with Crippen molar-refractivity contribution in [3.8, 4) is 0 Å². The van der Waals surface area contributed by atoms with Crippen LogP contribution in [0.3, 0.4) is 0 Å².